The summed E-state index contributed by atoms with van der Waals surface area (Å²) in [6.07, 6.45) is 3.77. The number of benzene rings is 2. The Labute approximate surface area is 178 Å². The number of hydrogen-bond donors (Lipinski definition) is 1. The lowest BCUT2D eigenvalue weighted by molar-refractivity contribution is -0.135. The van der Waals surface area contributed by atoms with Gasteiger partial charge in [0.1, 0.15) is 0 Å². The van der Waals surface area contributed by atoms with E-state index in [0.717, 1.165) is 47.3 Å². The third kappa shape index (κ3) is 4.97. The monoisotopic (exact) mass is 458 g/mol. The van der Waals surface area contributed by atoms with Gasteiger partial charge in [-0.3, -0.25) is 9.59 Å². The van der Waals surface area contributed by atoms with Gasteiger partial charge in [0, 0.05) is 39.0 Å². The Morgan fingerprint density at radius 3 is 2.21 bits per heavy atom. The first kappa shape index (κ1) is 19.5. The van der Waals surface area contributed by atoms with Crippen LogP contribution in [-0.2, 0) is 9.59 Å². The van der Waals surface area contributed by atoms with Crippen molar-refractivity contribution in [1.29, 1.82) is 0 Å². The van der Waals surface area contributed by atoms with E-state index in [-0.39, 0.29) is 23.7 Å². The molecule has 28 heavy (non-hydrogen) atoms. The van der Waals surface area contributed by atoms with E-state index in [1.165, 1.54) is 4.90 Å². The van der Waals surface area contributed by atoms with E-state index in [9.17, 15) is 9.59 Å². The summed E-state index contributed by atoms with van der Waals surface area (Å²) in [7, 11) is 0. The molecule has 1 N–H and O–H groups in total. The topological polar surface area (TPSA) is 49.4 Å². The van der Waals surface area contributed by atoms with E-state index in [2.05, 4.69) is 33.4 Å². The quantitative estimate of drug-likeness (QED) is 0.670. The average molecular weight is 459 g/mol. The highest BCUT2D eigenvalue weighted by Crippen LogP contribution is 2.33. The van der Waals surface area contributed by atoms with Crippen molar-refractivity contribution in [1.82, 2.24) is 4.90 Å². The Morgan fingerprint density at radius 1 is 0.929 bits per heavy atom. The zero-order valence-electron chi connectivity index (χ0n) is 15.6. The molecule has 0 spiro atoms. The number of hydrogen-bond acceptors (Lipinski definition) is 3. The molecule has 2 fully saturated rings. The highest BCUT2D eigenvalue weighted by Gasteiger charge is 2.36. The average Bonchev–Trinajstić information content (AvgIpc) is 3.56. The van der Waals surface area contributed by atoms with E-state index in [1.807, 2.05) is 41.3 Å². The second kappa shape index (κ2) is 8.70. The Balaban J connectivity index is 1.32. The summed E-state index contributed by atoms with van der Waals surface area (Å²) in [6.45, 7) is 1.35. The molecule has 1 atom stereocenters. The molecule has 1 aliphatic carbocycles. The fraction of sp³-hybridized carbons (Fsp3) is 0.364. The van der Waals surface area contributed by atoms with Gasteiger partial charge in [0.2, 0.25) is 11.8 Å². The minimum absolute atomic E-state index is 0.0154. The maximum Gasteiger partial charge on any atom is 0.229 e. The van der Waals surface area contributed by atoms with Crippen LogP contribution in [0.5, 0.6) is 0 Å². The van der Waals surface area contributed by atoms with Crippen LogP contribution in [0, 0.1) is 11.8 Å². The van der Waals surface area contributed by atoms with Gasteiger partial charge in [-0.05, 0) is 74.2 Å². The Morgan fingerprint density at radius 2 is 1.57 bits per heavy atom. The van der Waals surface area contributed by atoms with Gasteiger partial charge in [0.25, 0.3) is 0 Å². The summed E-state index contributed by atoms with van der Waals surface area (Å²) >= 11 is 5.13. The maximum absolute atomic E-state index is 12.7. The fourth-order valence-electron chi connectivity index (χ4n) is 3.47. The number of amides is 2. The van der Waals surface area contributed by atoms with Crippen molar-refractivity contribution in [3.05, 3.63) is 53.0 Å². The van der Waals surface area contributed by atoms with Crippen LogP contribution in [0.3, 0.4) is 0 Å². The van der Waals surface area contributed by atoms with Gasteiger partial charge in [-0.25, -0.2) is 0 Å². The molecule has 1 heterocycles. The lowest BCUT2D eigenvalue weighted by Crippen LogP contribution is -2.44. The number of anilines is 1. The van der Waals surface area contributed by atoms with Crippen molar-refractivity contribution in [2.75, 3.05) is 18.4 Å². The Bertz CT molecular complexity index is 850. The Kier molecular flexibility index (Phi) is 6.07. The zero-order chi connectivity index (χ0) is 19.5. The van der Waals surface area contributed by atoms with E-state index in [0.29, 0.717) is 6.54 Å². The molecule has 2 aromatic carbocycles. The predicted octanol–water partition coefficient (Wildman–Crippen LogP) is 5.19. The van der Waals surface area contributed by atoms with Gasteiger partial charge >= 0.3 is 0 Å². The smallest absolute Gasteiger partial charge is 0.229 e. The van der Waals surface area contributed by atoms with Crippen LogP contribution in [0.4, 0.5) is 5.69 Å². The number of likely N-dealkylation sites (tertiary alicyclic amines) is 1. The Hall–Kier alpha value is -1.79. The number of carbonyl (C=O) groups is 2. The second-order valence-electron chi connectivity index (χ2n) is 7.47. The molecule has 0 aromatic heterocycles. The number of piperidine rings is 1. The molecule has 0 radical (unpaired) electrons. The maximum atomic E-state index is 12.7. The van der Waals surface area contributed by atoms with E-state index < -0.39 is 0 Å². The summed E-state index contributed by atoms with van der Waals surface area (Å²) in [5.74, 6) is 0.360. The molecule has 2 aliphatic rings. The van der Waals surface area contributed by atoms with Crippen molar-refractivity contribution in [2.24, 2.45) is 11.8 Å². The molecule has 1 saturated heterocycles. The van der Waals surface area contributed by atoms with Crippen LogP contribution in [0.2, 0.25) is 0 Å². The molecule has 4 rings (SSSR count). The first-order chi connectivity index (χ1) is 13.6. The standard InChI is InChI=1S/C22H23BrN2O2S/c23-17-5-9-19(10-6-17)28-20-11-7-18(8-12-20)24-21(26)16-2-1-13-25(14-16)22(27)15-3-4-15/h5-12,15-16H,1-4,13-14H2,(H,24,26). The van der Waals surface area contributed by atoms with Crippen LogP contribution in [-0.4, -0.2) is 29.8 Å². The summed E-state index contributed by atoms with van der Waals surface area (Å²) in [5.41, 5.74) is 0.802. The number of carbonyl (C=O) groups excluding carboxylic acids is 2. The molecule has 146 valence electrons. The lowest BCUT2D eigenvalue weighted by atomic mass is 9.96. The number of nitrogens with zero attached hydrogens (tertiary/aromatic N) is 1. The molecular weight excluding hydrogens is 436 g/mol. The van der Waals surface area contributed by atoms with Gasteiger partial charge < -0.3 is 10.2 Å². The van der Waals surface area contributed by atoms with E-state index in [1.54, 1.807) is 11.8 Å². The normalized spacial score (nSPS) is 19.3. The molecule has 2 aromatic rings. The van der Waals surface area contributed by atoms with Crippen LogP contribution in [0.1, 0.15) is 25.7 Å². The fourth-order valence-corrected chi connectivity index (χ4v) is 4.55. The van der Waals surface area contributed by atoms with Gasteiger partial charge in [-0.2, -0.15) is 0 Å². The molecule has 6 heteroatoms. The minimum Gasteiger partial charge on any atom is -0.342 e. The van der Waals surface area contributed by atoms with Gasteiger partial charge in [-0.15, -0.1) is 0 Å². The minimum atomic E-state index is -0.117. The highest BCUT2D eigenvalue weighted by molar-refractivity contribution is 9.10. The zero-order valence-corrected chi connectivity index (χ0v) is 18.0. The summed E-state index contributed by atoms with van der Waals surface area (Å²) in [5, 5.41) is 3.02. The van der Waals surface area contributed by atoms with Crippen molar-refractivity contribution in [3.63, 3.8) is 0 Å². The summed E-state index contributed by atoms with van der Waals surface area (Å²) in [6, 6.07) is 16.1. The third-order valence-electron chi connectivity index (χ3n) is 5.20. The van der Waals surface area contributed by atoms with Gasteiger partial charge in [0.05, 0.1) is 5.92 Å². The SMILES string of the molecule is O=C(Nc1ccc(Sc2ccc(Br)cc2)cc1)C1CCCN(C(=O)C2CC2)C1. The van der Waals surface area contributed by atoms with Crippen LogP contribution >= 0.6 is 27.7 Å². The summed E-state index contributed by atoms with van der Waals surface area (Å²) < 4.78 is 1.06. The van der Waals surface area contributed by atoms with Crippen molar-refractivity contribution in [3.8, 4) is 0 Å². The third-order valence-corrected chi connectivity index (χ3v) is 6.75. The molecule has 1 saturated carbocycles. The molecule has 2 amide bonds. The molecular formula is C22H23BrN2O2S. The molecule has 4 nitrogen and oxygen atoms in total. The number of rotatable bonds is 5. The molecule has 0 bridgehead atoms. The number of nitrogens with one attached hydrogen (secondary N) is 1. The van der Waals surface area contributed by atoms with Crippen molar-refractivity contribution in [2.45, 2.75) is 35.5 Å². The summed E-state index contributed by atoms with van der Waals surface area (Å²) in [4.78, 5) is 29.1. The van der Waals surface area contributed by atoms with Gasteiger partial charge in [-0.1, -0.05) is 27.7 Å². The van der Waals surface area contributed by atoms with E-state index >= 15 is 0 Å². The second-order valence-corrected chi connectivity index (χ2v) is 9.53. The van der Waals surface area contributed by atoms with E-state index in [4.69, 9.17) is 0 Å². The van der Waals surface area contributed by atoms with Crippen LogP contribution in [0.25, 0.3) is 0 Å². The predicted molar refractivity (Wildman–Crippen MR) is 115 cm³/mol. The highest BCUT2D eigenvalue weighted by atomic mass is 79.9. The molecule has 1 aliphatic heterocycles. The van der Waals surface area contributed by atoms with Gasteiger partial charge in [0.15, 0.2) is 0 Å². The van der Waals surface area contributed by atoms with Crippen LogP contribution in [0.15, 0.2) is 62.8 Å². The number of halogens is 1. The first-order valence-electron chi connectivity index (χ1n) is 9.71. The molecule has 1 unspecified atom stereocenters. The van der Waals surface area contributed by atoms with Crippen LogP contribution < -0.4 is 5.32 Å². The van der Waals surface area contributed by atoms with Crippen molar-refractivity contribution < 1.29 is 9.59 Å². The first-order valence-corrected chi connectivity index (χ1v) is 11.3. The lowest BCUT2D eigenvalue weighted by Gasteiger charge is -2.32. The largest absolute Gasteiger partial charge is 0.342 e. The van der Waals surface area contributed by atoms with Crippen molar-refractivity contribution >= 4 is 45.2 Å².